The van der Waals surface area contributed by atoms with E-state index in [0.29, 0.717) is 5.06 Å². The molecule has 4 heavy (non-hydrogen) atoms. The molecule has 2 nitrogen and oxygen atoms in total. The van der Waals surface area contributed by atoms with E-state index in [9.17, 15) is 0 Å². The molecule has 0 saturated carbocycles. The van der Waals surface area contributed by atoms with E-state index in [-0.39, 0.29) is 0 Å². The van der Waals surface area contributed by atoms with E-state index in [1.54, 1.807) is 0 Å². The van der Waals surface area contributed by atoms with E-state index in [2.05, 4.69) is 0 Å². The van der Waals surface area contributed by atoms with Crippen molar-refractivity contribution in [2.45, 2.75) is 0 Å². The van der Waals surface area contributed by atoms with Gasteiger partial charge < -0.3 is 0 Å². The van der Waals surface area contributed by atoms with Crippen LogP contribution in [0.1, 0.15) is 0 Å². The summed E-state index contributed by atoms with van der Waals surface area (Å²) in [6.45, 7) is 1.92. The van der Waals surface area contributed by atoms with Crippen molar-refractivity contribution in [3.8, 4) is 0 Å². The summed E-state index contributed by atoms with van der Waals surface area (Å²) >= 11 is 0. The van der Waals surface area contributed by atoms with Gasteiger partial charge in [-0.05, 0) is 0 Å². The zero-order chi connectivity index (χ0) is 2.99. The van der Waals surface area contributed by atoms with Crippen molar-refractivity contribution in [1.29, 1.82) is 0 Å². The molecule has 0 spiro atoms. The third-order valence-electron chi connectivity index (χ3n) is 0.474. The lowest BCUT2D eigenvalue weighted by atomic mass is 11.0. The van der Waals surface area contributed by atoms with E-state index in [1.807, 2.05) is 0 Å². The number of hydrogen-bond acceptors (Lipinski definition) is 1. The fraction of sp³-hybridized carbons (Fsp3) is 1.00. The first-order valence-corrected chi connectivity index (χ1v) is 1.43. The Bertz CT molecular complexity index is 25.2. The second-order valence-corrected chi connectivity index (χ2v) is 1.07. The Morgan fingerprint density at radius 1 is 1.50 bits per heavy atom. The molecule has 1 fully saturated rings. The minimum Gasteiger partial charge on any atom is -0.218 e. The van der Waals surface area contributed by atoms with E-state index in [0.717, 1.165) is 13.1 Å². The van der Waals surface area contributed by atoms with Crippen LogP contribution in [0.4, 0.5) is 0 Å². The molecule has 1 aliphatic heterocycles. The largest absolute Gasteiger partial charge is 0.218 e. The van der Waals surface area contributed by atoms with Crippen LogP contribution in [0.3, 0.4) is 0 Å². The van der Waals surface area contributed by atoms with Crippen LogP contribution in [0, 0.1) is 0 Å². The van der Waals surface area contributed by atoms with Crippen molar-refractivity contribution in [2.75, 3.05) is 13.1 Å². The molecule has 2 N–H and O–H groups in total. The average Bonchev–Trinajstić information content (AvgIpc) is 1.75. The van der Waals surface area contributed by atoms with Gasteiger partial charge in [0.25, 0.3) is 0 Å². The van der Waals surface area contributed by atoms with Crippen molar-refractivity contribution < 1.29 is 10.3 Å². The normalized spacial score (nSPS) is 26.2. The van der Waals surface area contributed by atoms with Crippen molar-refractivity contribution in [2.24, 2.45) is 0 Å². The highest BCUT2D eigenvalue weighted by atomic mass is 16.5. The van der Waals surface area contributed by atoms with Gasteiger partial charge in [-0.15, -0.1) is 0 Å². The first-order chi connectivity index (χ1) is 1.89. The maximum atomic E-state index is 8.08. The number of rotatable bonds is 0. The minimum atomic E-state index is 0.667. The Balaban J connectivity index is 2.17. The molecule has 0 atom stereocenters. The summed E-state index contributed by atoms with van der Waals surface area (Å²) in [7, 11) is 0. The molecular formula is C2H6NO+. The summed E-state index contributed by atoms with van der Waals surface area (Å²) in [5.41, 5.74) is 0. The lowest BCUT2D eigenvalue weighted by Gasteiger charge is -1.62. The van der Waals surface area contributed by atoms with Gasteiger partial charge in [0.2, 0.25) is 0 Å². The maximum Gasteiger partial charge on any atom is 0.159 e. The highest BCUT2D eigenvalue weighted by Gasteiger charge is 2.18. The molecule has 1 heterocycles. The molecule has 1 saturated heterocycles. The van der Waals surface area contributed by atoms with E-state index < -0.39 is 0 Å². The van der Waals surface area contributed by atoms with Gasteiger partial charge in [0.05, 0.1) is 0 Å². The molecule has 0 aromatic rings. The summed E-state index contributed by atoms with van der Waals surface area (Å²) in [4.78, 5) is 0. The van der Waals surface area contributed by atoms with Crippen molar-refractivity contribution >= 4 is 0 Å². The van der Waals surface area contributed by atoms with E-state index in [1.165, 1.54) is 0 Å². The zero-order valence-corrected chi connectivity index (χ0v) is 2.36. The van der Waals surface area contributed by atoms with Gasteiger partial charge in [0.15, 0.2) is 13.1 Å². The maximum absolute atomic E-state index is 8.08. The molecule has 0 amide bonds. The molecule has 0 unspecified atom stereocenters. The molecule has 0 aliphatic carbocycles. The monoisotopic (exact) mass is 60.0 g/mol. The summed E-state index contributed by atoms with van der Waals surface area (Å²) < 4.78 is 0. The third-order valence-corrected chi connectivity index (χ3v) is 0.474. The van der Waals surface area contributed by atoms with Crippen LogP contribution in [0.25, 0.3) is 0 Å². The van der Waals surface area contributed by atoms with Gasteiger partial charge in [-0.1, -0.05) is 0 Å². The minimum absolute atomic E-state index is 0.667. The third kappa shape index (κ3) is 0.191. The molecule has 1 rings (SSSR count). The highest BCUT2D eigenvalue weighted by molar-refractivity contribution is 4.26. The first kappa shape index (κ1) is 2.18. The molecule has 24 valence electrons. The fourth-order valence-corrected chi connectivity index (χ4v) is 0.0559. The van der Waals surface area contributed by atoms with Gasteiger partial charge in [-0.25, -0.2) is 5.21 Å². The van der Waals surface area contributed by atoms with Crippen LogP contribution < -0.4 is 5.06 Å². The fourth-order valence-electron chi connectivity index (χ4n) is 0.0559. The van der Waals surface area contributed by atoms with Gasteiger partial charge in [-0.3, -0.25) is 0 Å². The Morgan fingerprint density at radius 3 is 1.75 bits per heavy atom. The topological polar surface area (TPSA) is 24.7 Å². The predicted molar refractivity (Wildman–Crippen MR) is 12.5 cm³/mol. The number of hydrogen-bond donors (Lipinski definition) is 2. The lowest BCUT2D eigenvalue weighted by Crippen LogP contribution is -2.88. The lowest BCUT2D eigenvalue weighted by molar-refractivity contribution is -0.977. The number of quaternary nitrogens is 1. The van der Waals surface area contributed by atoms with Crippen LogP contribution >= 0.6 is 0 Å². The van der Waals surface area contributed by atoms with Crippen LogP contribution in [-0.2, 0) is 0 Å². The van der Waals surface area contributed by atoms with Gasteiger partial charge in [-0.2, -0.15) is 5.06 Å². The van der Waals surface area contributed by atoms with Crippen molar-refractivity contribution in [1.82, 2.24) is 0 Å². The highest BCUT2D eigenvalue weighted by Crippen LogP contribution is 1.49. The Hall–Kier alpha value is -0.0800. The quantitative estimate of drug-likeness (QED) is 0.319. The first-order valence-electron chi connectivity index (χ1n) is 1.43. The standard InChI is InChI=1S/C2H5NO/c4-3-1-2-3/h4H,1-2H2/p+1. The van der Waals surface area contributed by atoms with E-state index >= 15 is 0 Å². The summed E-state index contributed by atoms with van der Waals surface area (Å²) in [6, 6.07) is 0. The second-order valence-electron chi connectivity index (χ2n) is 1.07. The molecule has 0 radical (unpaired) electrons. The molecule has 0 aromatic carbocycles. The Morgan fingerprint density at radius 2 is 1.75 bits per heavy atom. The average molecular weight is 60.1 g/mol. The van der Waals surface area contributed by atoms with Crippen molar-refractivity contribution in [3.05, 3.63) is 0 Å². The van der Waals surface area contributed by atoms with Gasteiger partial charge in [0.1, 0.15) is 0 Å². The number of nitrogens with one attached hydrogen (secondary N) is 1. The smallest absolute Gasteiger partial charge is 0.159 e. The SMILES string of the molecule is O[NH+]1CC1. The molecule has 0 bridgehead atoms. The zero-order valence-electron chi connectivity index (χ0n) is 2.36. The predicted octanol–water partition coefficient (Wildman–Crippen LogP) is -1.73. The van der Waals surface area contributed by atoms with E-state index in [4.69, 9.17) is 5.21 Å². The number of hydroxylamine groups is 2. The molecule has 1 aliphatic rings. The molecule has 2 heteroatoms. The molecular weight excluding hydrogens is 54.0 g/mol. The summed E-state index contributed by atoms with van der Waals surface area (Å²) in [6.07, 6.45) is 0. The summed E-state index contributed by atoms with van der Waals surface area (Å²) in [5, 5.41) is 8.75. The Kier molecular flexibility index (Phi) is 0.242. The van der Waals surface area contributed by atoms with Gasteiger partial charge >= 0.3 is 0 Å². The Labute approximate surface area is 24.6 Å². The van der Waals surface area contributed by atoms with Crippen molar-refractivity contribution in [3.63, 3.8) is 0 Å². The van der Waals surface area contributed by atoms with Crippen LogP contribution in [0.5, 0.6) is 0 Å². The second kappa shape index (κ2) is 0.445. The van der Waals surface area contributed by atoms with Crippen LogP contribution in [0.15, 0.2) is 0 Å². The van der Waals surface area contributed by atoms with Crippen LogP contribution in [0.2, 0.25) is 0 Å². The summed E-state index contributed by atoms with van der Waals surface area (Å²) in [5.74, 6) is 0. The van der Waals surface area contributed by atoms with Gasteiger partial charge in [0, 0.05) is 0 Å². The molecule has 0 aromatic heterocycles. The van der Waals surface area contributed by atoms with Crippen LogP contribution in [-0.4, -0.2) is 18.3 Å².